The van der Waals surface area contributed by atoms with Gasteiger partial charge in [-0.1, -0.05) is 23.7 Å². The maximum atomic E-state index is 5.92. The Morgan fingerprint density at radius 3 is 2.88 bits per heavy atom. The minimum atomic E-state index is 0.589. The van der Waals surface area contributed by atoms with Gasteiger partial charge in [0, 0.05) is 28.9 Å². The summed E-state index contributed by atoms with van der Waals surface area (Å²) in [4.78, 5) is 8.65. The van der Waals surface area contributed by atoms with Gasteiger partial charge in [0.1, 0.15) is 0 Å². The zero-order chi connectivity index (χ0) is 11.4. The average molecular weight is 234 g/mol. The van der Waals surface area contributed by atoms with Crippen LogP contribution in [0.4, 0.5) is 0 Å². The standard InChI is InChI=1S/C12H12ClN3/c13-10-3-1-2-9(8-10)12-15-7-5-11(16-12)4-6-14/h1-3,5,7-8H,4,6,14H2. The first kappa shape index (κ1) is 11.0. The molecule has 0 spiro atoms. The van der Waals surface area contributed by atoms with E-state index in [0.717, 1.165) is 17.7 Å². The first-order chi connectivity index (χ1) is 7.79. The van der Waals surface area contributed by atoms with Crippen molar-refractivity contribution in [1.29, 1.82) is 0 Å². The predicted molar refractivity (Wildman–Crippen MR) is 65.2 cm³/mol. The molecule has 3 nitrogen and oxygen atoms in total. The molecule has 1 aromatic carbocycles. The van der Waals surface area contributed by atoms with Crippen molar-refractivity contribution in [1.82, 2.24) is 9.97 Å². The number of aromatic nitrogens is 2. The van der Waals surface area contributed by atoms with E-state index >= 15 is 0 Å². The Hall–Kier alpha value is -1.45. The van der Waals surface area contributed by atoms with Gasteiger partial charge in [0.2, 0.25) is 0 Å². The normalized spacial score (nSPS) is 10.4. The molecule has 0 atom stereocenters. The van der Waals surface area contributed by atoms with Crippen molar-refractivity contribution >= 4 is 11.6 Å². The molecule has 2 rings (SSSR count). The summed E-state index contributed by atoms with van der Waals surface area (Å²) < 4.78 is 0. The molecular formula is C12H12ClN3. The van der Waals surface area contributed by atoms with Crippen LogP contribution in [0.3, 0.4) is 0 Å². The van der Waals surface area contributed by atoms with Crippen LogP contribution in [0.1, 0.15) is 5.69 Å². The average Bonchev–Trinajstić information content (AvgIpc) is 2.30. The lowest BCUT2D eigenvalue weighted by Crippen LogP contribution is -2.05. The Morgan fingerprint density at radius 2 is 2.12 bits per heavy atom. The fraction of sp³-hybridized carbons (Fsp3) is 0.167. The van der Waals surface area contributed by atoms with Crippen LogP contribution >= 0.6 is 11.6 Å². The highest BCUT2D eigenvalue weighted by molar-refractivity contribution is 6.30. The zero-order valence-corrected chi connectivity index (χ0v) is 9.48. The molecule has 1 aromatic heterocycles. The summed E-state index contributed by atoms with van der Waals surface area (Å²) in [6.45, 7) is 0.589. The van der Waals surface area contributed by atoms with E-state index in [4.69, 9.17) is 17.3 Å². The number of halogens is 1. The van der Waals surface area contributed by atoms with Crippen LogP contribution in [0.15, 0.2) is 36.5 Å². The molecule has 0 amide bonds. The van der Waals surface area contributed by atoms with Crippen LogP contribution in [-0.4, -0.2) is 16.5 Å². The Morgan fingerprint density at radius 1 is 1.25 bits per heavy atom. The van der Waals surface area contributed by atoms with Gasteiger partial charge in [-0.15, -0.1) is 0 Å². The molecule has 0 saturated heterocycles. The van der Waals surface area contributed by atoms with E-state index in [2.05, 4.69) is 9.97 Å². The van der Waals surface area contributed by atoms with Crippen LogP contribution in [0.5, 0.6) is 0 Å². The maximum absolute atomic E-state index is 5.92. The molecule has 1 heterocycles. The van der Waals surface area contributed by atoms with Crippen molar-refractivity contribution in [3.63, 3.8) is 0 Å². The quantitative estimate of drug-likeness (QED) is 0.885. The molecule has 16 heavy (non-hydrogen) atoms. The van der Waals surface area contributed by atoms with Crippen LogP contribution in [0.25, 0.3) is 11.4 Å². The summed E-state index contributed by atoms with van der Waals surface area (Å²) >= 11 is 5.92. The number of rotatable bonds is 3. The minimum absolute atomic E-state index is 0.589. The summed E-state index contributed by atoms with van der Waals surface area (Å²) in [5.41, 5.74) is 7.37. The monoisotopic (exact) mass is 233 g/mol. The van der Waals surface area contributed by atoms with Crippen molar-refractivity contribution in [2.75, 3.05) is 6.54 Å². The van der Waals surface area contributed by atoms with Gasteiger partial charge in [-0.05, 0) is 24.7 Å². The van der Waals surface area contributed by atoms with Gasteiger partial charge < -0.3 is 5.73 Å². The molecule has 0 radical (unpaired) electrons. The Bertz CT molecular complexity index is 485. The second kappa shape index (κ2) is 5.05. The number of hydrogen-bond donors (Lipinski definition) is 1. The molecule has 2 aromatic rings. The number of benzene rings is 1. The van der Waals surface area contributed by atoms with E-state index in [1.807, 2.05) is 30.3 Å². The van der Waals surface area contributed by atoms with E-state index in [-0.39, 0.29) is 0 Å². The second-order valence-electron chi connectivity index (χ2n) is 3.42. The zero-order valence-electron chi connectivity index (χ0n) is 8.73. The van der Waals surface area contributed by atoms with Gasteiger partial charge in [0.25, 0.3) is 0 Å². The molecule has 0 unspecified atom stereocenters. The lowest BCUT2D eigenvalue weighted by molar-refractivity contribution is 0.913. The van der Waals surface area contributed by atoms with E-state index in [1.165, 1.54) is 0 Å². The Balaban J connectivity index is 2.36. The molecule has 0 saturated carbocycles. The molecule has 0 fully saturated rings. The van der Waals surface area contributed by atoms with Gasteiger partial charge in [-0.3, -0.25) is 0 Å². The third-order valence-corrected chi connectivity index (χ3v) is 2.43. The highest BCUT2D eigenvalue weighted by Gasteiger charge is 2.02. The molecule has 82 valence electrons. The third-order valence-electron chi connectivity index (χ3n) is 2.20. The summed E-state index contributed by atoms with van der Waals surface area (Å²) in [6.07, 6.45) is 2.50. The minimum Gasteiger partial charge on any atom is -0.330 e. The van der Waals surface area contributed by atoms with Crippen LogP contribution in [0, 0.1) is 0 Å². The summed E-state index contributed by atoms with van der Waals surface area (Å²) in [6, 6.07) is 9.38. The lowest BCUT2D eigenvalue weighted by atomic mass is 10.2. The van der Waals surface area contributed by atoms with Crippen molar-refractivity contribution in [3.05, 3.63) is 47.2 Å². The van der Waals surface area contributed by atoms with Crippen molar-refractivity contribution in [2.45, 2.75) is 6.42 Å². The van der Waals surface area contributed by atoms with Crippen molar-refractivity contribution in [2.24, 2.45) is 5.73 Å². The molecule has 0 aliphatic heterocycles. The van der Waals surface area contributed by atoms with Crippen LogP contribution < -0.4 is 5.73 Å². The van der Waals surface area contributed by atoms with E-state index in [0.29, 0.717) is 17.4 Å². The number of hydrogen-bond acceptors (Lipinski definition) is 3. The fourth-order valence-electron chi connectivity index (χ4n) is 1.45. The summed E-state index contributed by atoms with van der Waals surface area (Å²) in [5.74, 6) is 0.688. The van der Waals surface area contributed by atoms with Crippen LogP contribution in [-0.2, 0) is 6.42 Å². The SMILES string of the molecule is NCCc1ccnc(-c2cccc(Cl)c2)n1. The molecule has 0 bridgehead atoms. The Kier molecular flexibility index (Phi) is 3.49. The van der Waals surface area contributed by atoms with Gasteiger partial charge >= 0.3 is 0 Å². The molecule has 4 heteroatoms. The van der Waals surface area contributed by atoms with E-state index < -0.39 is 0 Å². The van der Waals surface area contributed by atoms with Crippen LogP contribution in [0.2, 0.25) is 5.02 Å². The highest BCUT2D eigenvalue weighted by Crippen LogP contribution is 2.19. The number of nitrogens with zero attached hydrogens (tertiary/aromatic N) is 2. The molecule has 2 N–H and O–H groups in total. The number of nitrogens with two attached hydrogens (primary N) is 1. The first-order valence-corrected chi connectivity index (χ1v) is 5.45. The first-order valence-electron chi connectivity index (χ1n) is 5.07. The summed E-state index contributed by atoms with van der Waals surface area (Å²) in [7, 11) is 0. The topological polar surface area (TPSA) is 51.8 Å². The third kappa shape index (κ3) is 2.56. The van der Waals surface area contributed by atoms with Gasteiger partial charge in [0.15, 0.2) is 5.82 Å². The van der Waals surface area contributed by atoms with Gasteiger partial charge in [-0.2, -0.15) is 0 Å². The van der Waals surface area contributed by atoms with Crippen molar-refractivity contribution in [3.8, 4) is 11.4 Å². The lowest BCUT2D eigenvalue weighted by Gasteiger charge is -2.03. The smallest absolute Gasteiger partial charge is 0.159 e. The van der Waals surface area contributed by atoms with Gasteiger partial charge in [0.05, 0.1) is 0 Å². The van der Waals surface area contributed by atoms with Gasteiger partial charge in [-0.25, -0.2) is 9.97 Å². The second-order valence-corrected chi connectivity index (χ2v) is 3.86. The molecular weight excluding hydrogens is 222 g/mol. The largest absolute Gasteiger partial charge is 0.330 e. The Labute approximate surface area is 99.3 Å². The fourth-order valence-corrected chi connectivity index (χ4v) is 1.64. The van der Waals surface area contributed by atoms with Crippen molar-refractivity contribution < 1.29 is 0 Å². The van der Waals surface area contributed by atoms with E-state index in [1.54, 1.807) is 6.20 Å². The highest BCUT2D eigenvalue weighted by atomic mass is 35.5. The molecule has 0 aliphatic rings. The molecule has 0 aliphatic carbocycles. The predicted octanol–water partition coefficient (Wildman–Crippen LogP) is 2.30. The van der Waals surface area contributed by atoms with E-state index in [9.17, 15) is 0 Å². The summed E-state index contributed by atoms with van der Waals surface area (Å²) in [5, 5.41) is 0.685. The maximum Gasteiger partial charge on any atom is 0.159 e.